The Morgan fingerprint density at radius 3 is 1.38 bits per heavy atom. The van der Waals surface area contributed by atoms with Crippen molar-refractivity contribution in [2.45, 2.75) is 32.6 Å². The fraction of sp³-hybridized carbons (Fsp3) is 0.571. The zero-order valence-corrected chi connectivity index (χ0v) is 13.8. The molecule has 0 radical (unpaired) electrons. The Labute approximate surface area is 146 Å². The second-order valence-corrected chi connectivity index (χ2v) is 5.57. The molecule has 2 fully saturated rings. The van der Waals surface area contributed by atoms with Crippen LogP contribution >= 0.6 is 0 Å². The summed E-state index contributed by atoms with van der Waals surface area (Å²) in [7, 11) is 0. The maximum absolute atomic E-state index is 11.4. The average Bonchev–Trinajstić information content (AvgIpc) is 3.08. The number of hydroxylamine groups is 4. The molecule has 0 spiro atoms. The zero-order valence-electron chi connectivity index (χ0n) is 13.8. The first-order valence-corrected chi connectivity index (χ1v) is 7.69. The molecule has 12 heteroatoms. The van der Waals surface area contributed by atoms with Crippen LogP contribution in [0.1, 0.15) is 32.6 Å². The van der Waals surface area contributed by atoms with Crippen LogP contribution < -0.4 is 0 Å². The molecule has 0 atom stereocenters. The maximum atomic E-state index is 11.4. The highest BCUT2D eigenvalue weighted by molar-refractivity contribution is 6.01. The van der Waals surface area contributed by atoms with E-state index in [0.29, 0.717) is 10.1 Å². The van der Waals surface area contributed by atoms with Gasteiger partial charge in [0.05, 0.1) is 0 Å². The van der Waals surface area contributed by atoms with Gasteiger partial charge in [-0.1, -0.05) is 17.1 Å². The van der Waals surface area contributed by atoms with Crippen molar-refractivity contribution in [3.05, 3.63) is 0 Å². The minimum Gasteiger partial charge on any atom is -0.432 e. The summed E-state index contributed by atoms with van der Waals surface area (Å²) >= 11 is 0. The van der Waals surface area contributed by atoms with E-state index in [9.17, 15) is 28.8 Å². The maximum Gasteiger partial charge on any atom is 0.533 e. The van der Waals surface area contributed by atoms with Crippen molar-refractivity contribution in [2.75, 3.05) is 13.2 Å². The van der Waals surface area contributed by atoms with Gasteiger partial charge in [0, 0.05) is 31.6 Å². The molecule has 2 aliphatic rings. The van der Waals surface area contributed by atoms with Gasteiger partial charge in [-0.3, -0.25) is 28.9 Å². The summed E-state index contributed by atoms with van der Waals surface area (Å²) in [5.41, 5.74) is 0. The minimum atomic E-state index is -1.25. The Morgan fingerprint density at radius 2 is 1.08 bits per heavy atom. The lowest BCUT2D eigenvalue weighted by molar-refractivity contribution is -0.178. The molecule has 142 valence electrons. The Balaban J connectivity index is 1.64. The smallest absolute Gasteiger partial charge is 0.432 e. The topological polar surface area (TPSA) is 146 Å². The molecule has 2 heterocycles. The summed E-state index contributed by atoms with van der Waals surface area (Å²) in [5.74, 6) is -3.06. The Hall–Kier alpha value is -3.18. The average molecular weight is 372 g/mol. The van der Waals surface area contributed by atoms with Gasteiger partial charge in [-0.15, -0.1) is 0 Å². The van der Waals surface area contributed by atoms with Crippen molar-refractivity contribution < 1.29 is 47.9 Å². The molecular weight excluding hydrogens is 356 g/mol. The number of hydrogen-bond donors (Lipinski definition) is 0. The molecule has 0 saturated carbocycles. The summed E-state index contributed by atoms with van der Waals surface area (Å²) in [5, 5.41) is 0.676. The SMILES string of the molecule is CC(COC(=O)ON1C(=O)CCC1=O)COC(=O)ON1C(=O)CCC1=O. The van der Waals surface area contributed by atoms with Crippen molar-refractivity contribution in [3.8, 4) is 0 Å². The van der Waals surface area contributed by atoms with E-state index in [4.69, 9.17) is 9.47 Å². The quantitative estimate of drug-likeness (QED) is 0.463. The van der Waals surface area contributed by atoms with Crippen LogP contribution in [0.25, 0.3) is 0 Å². The third kappa shape index (κ3) is 4.91. The van der Waals surface area contributed by atoms with Crippen LogP contribution in [0.15, 0.2) is 0 Å². The first-order valence-electron chi connectivity index (χ1n) is 7.69. The van der Waals surface area contributed by atoms with Crippen molar-refractivity contribution in [1.29, 1.82) is 0 Å². The van der Waals surface area contributed by atoms with E-state index in [0.717, 1.165) is 0 Å². The number of nitrogens with zero attached hydrogens (tertiary/aromatic N) is 2. The van der Waals surface area contributed by atoms with Gasteiger partial charge in [0.1, 0.15) is 13.2 Å². The molecule has 0 aromatic carbocycles. The Kier molecular flexibility index (Phi) is 6.09. The molecular formula is C14H16N2O10. The Bertz CT molecular complexity index is 560. The molecule has 4 amide bonds. The predicted molar refractivity (Wildman–Crippen MR) is 76.2 cm³/mol. The van der Waals surface area contributed by atoms with E-state index in [1.807, 2.05) is 0 Å². The van der Waals surface area contributed by atoms with E-state index in [1.165, 1.54) is 0 Å². The molecule has 2 rings (SSSR count). The summed E-state index contributed by atoms with van der Waals surface area (Å²) in [6, 6.07) is 0. The number of imide groups is 2. The van der Waals surface area contributed by atoms with E-state index < -0.39 is 41.9 Å². The fourth-order valence-electron chi connectivity index (χ4n) is 1.99. The first kappa shape index (κ1) is 19.1. The van der Waals surface area contributed by atoms with Crippen molar-refractivity contribution in [1.82, 2.24) is 10.1 Å². The number of amides is 4. The van der Waals surface area contributed by atoms with Gasteiger partial charge in [-0.05, 0) is 0 Å². The third-order valence-corrected chi connectivity index (χ3v) is 3.31. The summed E-state index contributed by atoms with van der Waals surface area (Å²) in [6.07, 6.45) is -2.67. The van der Waals surface area contributed by atoms with Crippen molar-refractivity contribution >= 4 is 35.9 Å². The predicted octanol–water partition coefficient (Wildman–Crippen LogP) is 0.0569. The summed E-state index contributed by atoms with van der Waals surface area (Å²) < 4.78 is 9.41. The van der Waals surface area contributed by atoms with Gasteiger partial charge in [-0.25, -0.2) is 9.59 Å². The van der Waals surface area contributed by atoms with E-state index >= 15 is 0 Å². The van der Waals surface area contributed by atoms with Crippen LogP contribution in [0, 0.1) is 5.92 Å². The molecule has 0 unspecified atom stereocenters. The highest BCUT2D eigenvalue weighted by Crippen LogP contribution is 2.14. The third-order valence-electron chi connectivity index (χ3n) is 3.31. The molecule has 2 saturated heterocycles. The van der Waals surface area contributed by atoms with Crippen LogP contribution in [-0.4, -0.2) is 59.3 Å². The van der Waals surface area contributed by atoms with Gasteiger partial charge in [-0.2, -0.15) is 0 Å². The lowest BCUT2D eigenvalue weighted by Gasteiger charge is -2.16. The number of ether oxygens (including phenoxy) is 2. The highest BCUT2D eigenvalue weighted by Gasteiger charge is 2.34. The standard InChI is InChI=1S/C14H16N2O10/c1-8(6-23-13(21)25-15-9(17)2-3-10(15)18)7-24-14(22)26-16-11(19)4-5-12(16)20/h8H,2-7H2,1H3. The van der Waals surface area contributed by atoms with Crippen LogP contribution in [0.2, 0.25) is 0 Å². The molecule has 0 aromatic rings. The number of carbonyl (C=O) groups is 6. The lowest BCUT2D eigenvalue weighted by atomic mass is 10.2. The number of hydrogen-bond acceptors (Lipinski definition) is 10. The zero-order chi connectivity index (χ0) is 19.3. The molecule has 26 heavy (non-hydrogen) atoms. The monoisotopic (exact) mass is 372 g/mol. The second kappa shape index (κ2) is 8.27. The summed E-state index contributed by atoms with van der Waals surface area (Å²) in [6.45, 7) is 1.06. The number of rotatable bonds is 6. The minimum absolute atomic E-state index is 0.0412. The van der Waals surface area contributed by atoms with Crippen molar-refractivity contribution in [3.63, 3.8) is 0 Å². The normalized spacial score (nSPS) is 17.2. The van der Waals surface area contributed by atoms with E-state index in [2.05, 4.69) is 9.68 Å². The molecule has 12 nitrogen and oxygen atoms in total. The highest BCUT2D eigenvalue weighted by atomic mass is 16.8. The largest absolute Gasteiger partial charge is 0.533 e. The van der Waals surface area contributed by atoms with Gasteiger partial charge in [0.2, 0.25) is 0 Å². The van der Waals surface area contributed by atoms with E-state index in [-0.39, 0.29) is 38.9 Å². The molecule has 0 bridgehead atoms. The lowest BCUT2D eigenvalue weighted by Crippen LogP contribution is -2.33. The van der Waals surface area contributed by atoms with Gasteiger partial charge < -0.3 is 9.47 Å². The van der Waals surface area contributed by atoms with Gasteiger partial charge in [0.25, 0.3) is 23.6 Å². The molecule has 0 aliphatic carbocycles. The number of carbonyl (C=O) groups excluding carboxylic acids is 6. The van der Waals surface area contributed by atoms with Crippen LogP contribution in [-0.2, 0) is 38.3 Å². The summed E-state index contributed by atoms with van der Waals surface area (Å²) in [4.78, 5) is 76.9. The van der Waals surface area contributed by atoms with Crippen molar-refractivity contribution in [2.24, 2.45) is 5.92 Å². The molecule has 0 aromatic heterocycles. The van der Waals surface area contributed by atoms with Crippen LogP contribution in [0.4, 0.5) is 9.59 Å². The molecule has 2 aliphatic heterocycles. The van der Waals surface area contributed by atoms with Crippen LogP contribution in [0.5, 0.6) is 0 Å². The van der Waals surface area contributed by atoms with Gasteiger partial charge >= 0.3 is 12.3 Å². The van der Waals surface area contributed by atoms with Gasteiger partial charge in [0.15, 0.2) is 0 Å². The first-order chi connectivity index (χ1) is 12.3. The van der Waals surface area contributed by atoms with E-state index in [1.54, 1.807) is 6.92 Å². The second-order valence-electron chi connectivity index (χ2n) is 5.57. The Morgan fingerprint density at radius 1 is 0.769 bits per heavy atom. The fourth-order valence-corrected chi connectivity index (χ4v) is 1.99. The van der Waals surface area contributed by atoms with Crippen LogP contribution in [0.3, 0.4) is 0 Å². The molecule has 0 N–H and O–H groups in total.